The minimum absolute atomic E-state index is 0.246. The molecule has 0 unspecified atom stereocenters. The number of aryl methyl sites for hydroxylation is 1. The fourth-order valence-corrected chi connectivity index (χ4v) is 3.06. The molecule has 0 amide bonds. The molecule has 1 saturated carbocycles. The van der Waals surface area contributed by atoms with Gasteiger partial charge in [-0.15, -0.1) is 0 Å². The van der Waals surface area contributed by atoms with Crippen molar-refractivity contribution in [2.45, 2.75) is 50.9 Å². The van der Waals surface area contributed by atoms with E-state index < -0.39 is 0 Å². The van der Waals surface area contributed by atoms with Crippen LogP contribution in [-0.4, -0.2) is 25.0 Å². The average Bonchev–Trinajstić information content (AvgIpc) is 2.91. The van der Waals surface area contributed by atoms with Gasteiger partial charge in [-0.3, -0.25) is 0 Å². The second kappa shape index (κ2) is 5.51. The molecule has 3 heteroatoms. The third-order valence-electron chi connectivity index (χ3n) is 4.29. The summed E-state index contributed by atoms with van der Waals surface area (Å²) < 4.78 is 11.5. The number of ether oxygens (including phenoxy) is 2. The van der Waals surface area contributed by atoms with E-state index in [1.165, 1.54) is 11.3 Å². The minimum Gasteiger partial charge on any atom is -0.382 e. The van der Waals surface area contributed by atoms with Gasteiger partial charge in [0.15, 0.2) is 5.79 Å². The molecule has 0 aromatic heterocycles. The van der Waals surface area contributed by atoms with Crippen molar-refractivity contribution in [2.24, 2.45) is 0 Å². The van der Waals surface area contributed by atoms with Gasteiger partial charge < -0.3 is 14.8 Å². The molecule has 1 heterocycles. The topological polar surface area (TPSA) is 30.5 Å². The van der Waals surface area contributed by atoms with E-state index in [9.17, 15) is 0 Å². The van der Waals surface area contributed by atoms with E-state index >= 15 is 0 Å². The van der Waals surface area contributed by atoms with E-state index in [1.807, 2.05) is 0 Å². The zero-order chi connectivity index (χ0) is 13.1. The van der Waals surface area contributed by atoms with Crippen molar-refractivity contribution < 1.29 is 9.47 Å². The van der Waals surface area contributed by atoms with Crippen LogP contribution in [-0.2, 0) is 15.9 Å². The van der Waals surface area contributed by atoms with Crippen molar-refractivity contribution in [3.8, 4) is 0 Å². The second-order valence-corrected chi connectivity index (χ2v) is 5.58. The van der Waals surface area contributed by atoms with Crippen molar-refractivity contribution in [2.75, 3.05) is 18.5 Å². The Balaban J connectivity index is 1.53. The van der Waals surface area contributed by atoms with Gasteiger partial charge in [0.25, 0.3) is 0 Å². The zero-order valence-corrected chi connectivity index (χ0v) is 11.7. The Hall–Kier alpha value is -1.06. The highest BCUT2D eigenvalue weighted by Crippen LogP contribution is 2.36. The standard InChI is InChI=1S/C16H23NO2/c1-2-13-3-5-14(6-4-13)17-15-7-9-16(10-8-15)18-11-12-19-16/h3-6,15,17H,2,7-12H2,1H3. The van der Waals surface area contributed by atoms with Crippen molar-refractivity contribution in [3.05, 3.63) is 29.8 Å². The lowest BCUT2D eigenvalue weighted by Gasteiger charge is -2.36. The Labute approximate surface area is 115 Å². The maximum absolute atomic E-state index is 5.76. The largest absolute Gasteiger partial charge is 0.382 e. The summed E-state index contributed by atoms with van der Waals surface area (Å²) in [6.07, 6.45) is 5.36. The lowest BCUT2D eigenvalue weighted by molar-refractivity contribution is -0.177. The van der Waals surface area contributed by atoms with Gasteiger partial charge in [-0.25, -0.2) is 0 Å². The van der Waals surface area contributed by atoms with Crippen molar-refractivity contribution in [1.29, 1.82) is 0 Å². The number of anilines is 1. The number of benzene rings is 1. The van der Waals surface area contributed by atoms with Crippen LogP contribution in [0.2, 0.25) is 0 Å². The van der Waals surface area contributed by atoms with E-state index in [-0.39, 0.29) is 5.79 Å². The van der Waals surface area contributed by atoms with Crippen LogP contribution < -0.4 is 5.32 Å². The highest BCUT2D eigenvalue weighted by molar-refractivity contribution is 5.45. The first-order chi connectivity index (χ1) is 9.30. The number of hydrogen-bond acceptors (Lipinski definition) is 3. The molecule has 3 rings (SSSR count). The monoisotopic (exact) mass is 261 g/mol. The molecule has 1 aromatic rings. The predicted octanol–water partition coefficient (Wildman–Crippen LogP) is 3.35. The molecule has 3 nitrogen and oxygen atoms in total. The van der Waals surface area contributed by atoms with Crippen molar-refractivity contribution >= 4 is 5.69 Å². The van der Waals surface area contributed by atoms with Crippen molar-refractivity contribution in [3.63, 3.8) is 0 Å². The molecule has 19 heavy (non-hydrogen) atoms. The Kier molecular flexibility index (Phi) is 3.76. The van der Waals surface area contributed by atoms with Crippen molar-refractivity contribution in [1.82, 2.24) is 0 Å². The van der Waals surface area contributed by atoms with Crippen LogP contribution in [0.5, 0.6) is 0 Å². The van der Waals surface area contributed by atoms with Gasteiger partial charge >= 0.3 is 0 Å². The van der Waals surface area contributed by atoms with Crippen LogP contribution in [0, 0.1) is 0 Å². The number of hydrogen-bond donors (Lipinski definition) is 1. The fraction of sp³-hybridized carbons (Fsp3) is 0.625. The summed E-state index contributed by atoms with van der Waals surface area (Å²) in [4.78, 5) is 0. The predicted molar refractivity (Wildman–Crippen MR) is 76.3 cm³/mol. The summed E-state index contributed by atoms with van der Waals surface area (Å²) in [5.41, 5.74) is 2.62. The van der Waals surface area contributed by atoms with Crippen LogP contribution in [0.4, 0.5) is 5.69 Å². The van der Waals surface area contributed by atoms with Gasteiger partial charge in [0.2, 0.25) is 0 Å². The summed E-state index contributed by atoms with van der Waals surface area (Å²) in [5, 5.41) is 3.63. The molecule has 1 saturated heterocycles. The lowest BCUT2D eigenvalue weighted by atomic mass is 9.90. The molecule has 1 aliphatic heterocycles. The fourth-order valence-electron chi connectivity index (χ4n) is 3.06. The Morgan fingerprint density at radius 3 is 2.32 bits per heavy atom. The SMILES string of the molecule is CCc1ccc(NC2CCC3(CC2)OCCO3)cc1. The summed E-state index contributed by atoms with van der Waals surface area (Å²) in [6, 6.07) is 9.33. The van der Waals surface area contributed by atoms with E-state index in [1.54, 1.807) is 0 Å². The molecule has 1 aromatic carbocycles. The third kappa shape index (κ3) is 2.93. The Bertz CT molecular complexity index is 399. The summed E-state index contributed by atoms with van der Waals surface area (Å²) in [7, 11) is 0. The van der Waals surface area contributed by atoms with E-state index in [0.717, 1.165) is 45.3 Å². The Morgan fingerprint density at radius 1 is 1.11 bits per heavy atom. The molecule has 1 spiro atoms. The van der Waals surface area contributed by atoms with Crippen LogP contribution in [0.15, 0.2) is 24.3 Å². The highest BCUT2D eigenvalue weighted by Gasteiger charge is 2.40. The zero-order valence-electron chi connectivity index (χ0n) is 11.7. The minimum atomic E-state index is -0.246. The quantitative estimate of drug-likeness (QED) is 0.905. The van der Waals surface area contributed by atoms with Crippen LogP contribution in [0.3, 0.4) is 0 Å². The molecule has 0 atom stereocenters. The van der Waals surface area contributed by atoms with Gasteiger partial charge in [-0.1, -0.05) is 19.1 Å². The third-order valence-corrected chi connectivity index (χ3v) is 4.29. The molecule has 0 radical (unpaired) electrons. The van der Waals surface area contributed by atoms with E-state index in [4.69, 9.17) is 9.47 Å². The second-order valence-electron chi connectivity index (χ2n) is 5.58. The molecule has 1 N–H and O–H groups in total. The van der Waals surface area contributed by atoms with E-state index in [0.29, 0.717) is 6.04 Å². The first kappa shape index (κ1) is 12.9. The molecule has 0 bridgehead atoms. The highest BCUT2D eigenvalue weighted by atomic mass is 16.7. The van der Waals surface area contributed by atoms with Gasteiger partial charge in [-0.05, 0) is 37.0 Å². The molecule has 2 aliphatic rings. The average molecular weight is 261 g/mol. The molecular weight excluding hydrogens is 238 g/mol. The first-order valence-corrected chi connectivity index (χ1v) is 7.43. The number of rotatable bonds is 3. The molecule has 104 valence electrons. The van der Waals surface area contributed by atoms with Crippen LogP contribution >= 0.6 is 0 Å². The van der Waals surface area contributed by atoms with Gasteiger partial charge in [0.1, 0.15) is 0 Å². The van der Waals surface area contributed by atoms with Gasteiger partial charge in [0, 0.05) is 24.6 Å². The lowest BCUT2D eigenvalue weighted by Crippen LogP contribution is -2.39. The normalized spacial score (nSPS) is 22.8. The van der Waals surface area contributed by atoms with Gasteiger partial charge in [0.05, 0.1) is 13.2 Å². The summed E-state index contributed by atoms with van der Waals surface area (Å²) >= 11 is 0. The molecule has 1 aliphatic carbocycles. The maximum Gasteiger partial charge on any atom is 0.168 e. The number of nitrogens with one attached hydrogen (secondary N) is 1. The summed E-state index contributed by atoms with van der Waals surface area (Å²) in [6.45, 7) is 3.71. The molecule has 2 fully saturated rings. The molecular formula is C16H23NO2. The van der Waals surface area contributed by atoms with Gasteiger partial charge in [-0.2, -0.15) is 0 Å². The van der Waals surface area contributed by atoms with Crippen LogP contribution in [0.1, 0.15) is 38.2 Å². The smallest absolute Gasteiger partial charge is 0.168 e. The summed E-state index contributed by atoms with van der Waals surface area (Å²) in [5.74, 6) is -0.246. The van der Waals surface area contributed by atoms with Crippen LogP contribution in [0.25, 0.3) is 0 Å². The van der Waals surface area contributed by atoms with E-state index in [2.05, 4.69) is 36.5 Å². The maximum atomic E-state index is 5.76. The first-order valence-electron chi connectivity index (χ1n) is 7.43. The Morgan fingerprint density at radius 2 is 1.74 bits per heavy atom.